The summed E-state index contributed by atoms with van der Waals surface area (Å²) in [4.78, 5) is 7.10. The monoisotopic (exact) mass is 323 g/mol. The van der Waals surface area contributed by atoms with Crippen LogP contribution < -0.4 is 5.32 Å². The first-order chi connectivity index (χ1) is 11.5. The molecule has 1 aromatic heterocycles. The van der Waals surface area contributed by atoms with Crippen LogP contribution in [-0.2, 0) is 6.54 Å². The Balaban J connectivity index is 1.79. The topological polar surface area (TPSA) is 28.2 Å². The lowest BCUT2D eigenvalue weighted by atomic mass is 9.98. The molecule has 2 heterocycles. The molecule has 0 bridgehead atoms. The van der Waals surface area contributed by atoms with Crippen molar-refractivity contribution in [2.75, 3.05) is 20.1 Å². The number of rotatable bonds is 4. The zero-order valence-corrected chi connectivity index (χ0v) is 15.4. The molecular weight excluding hydrogens is 294 g/mol. The van der Waals surface area contributed by atoms with Gasteiger partial charge in [-0.25, -0.2) is 0 Å². The average Bonchev–Trinajstić information content (AvgIpc) is 2.60. The quantitative estimate of drug-likeness (QED) is 0.926. The third-order valence-corrected chi connectivity index (χ3v) is 5.41. The van der Waals surface area contributed by atoms with Crippen molar-refractivity contribution >= 4 is 0 Å². The second-order valence-electron chi connectivity index (χ2n) is 7.18. The molecule has 0 atom stereocenters. The van der Waals surface area contributed by atoms with Crippen molar-refractivity contribution < 1.29 is 0 Å². The second-order valence-corrected chi connectivity index (χ2v) is 7.18. The Kier molecular flexibility index (Phi) is 5.32. The van der Waals surface area contributed by atoms with Gasteiger partial charge in [-0.3, -0.25) is 9.88 Å². The van der Waals surface area contributed by atoms with Crippen LogP contribution in [0.2, 0.25) is 0 Å². The molecule has 128 valence electrons. The zero-order valence-electron chi connectivity index (χ0n) is 15.4. The van der Waals surface area contributed by atoms with Gasteiger partial charge in [0.15, 0.2) is 0 Å². The fourth-order valence-corrected chi connectivity index (χ4v) is 3.58. The molecule has 1 N–H and O–H groups in total. The molecule has 1 aromatic carbocycles. The molecule has 3 nitrogen and oxygen atoms in total. The maximum absolute atomic E-state index is 4.61. The molecule has 0 spiro atoms. The van der Waals surface area contributed by atoms with E-state index in [1.54, 1.807) is 0 Å². The summed E-state index contributed by atoms with van der Waals surface area (Å²) < 4.78 is 0. The van der Waals surface area contributed by atoms with Gasteiger partial charge in [0, 0.05) is 24.3 Å². The van der Waals surface area contributed by atoms with E-state index in [2.05, 4.69) is 67.3 Å². The molecular formula is C21H29N3. The molecule has 3 rings (SSSR count). The highest BCUT2D eigenvalue weighted by molar-refractivity contribution is 5.63. The summed E-state index contributed by atoms with van der Waals surface area (Å²) in [5.41, 5.74) is 7.70. The van der Waals surface area contributed by atoms with Gasteiger partial charge in [-0.2, -0.15) is 0 Å². The molecule has 1 aliphatic rings. The van der Waals surface area contributed by atoms with Gasteiger partial charge in [0.05, 0.1) is 5.69 Å². The molecule has 1 saturated heterocycles. The third kappa shape index (κ3) is 3.85. The molecule has 1 fully saturated rings. The molecule has 0 radical (unpaired) electrons. The van der Waals surface area contributed by atoms with Crippen LogP contribution in [0.25, 0.3) is 11.3 Å². The SMILES string of the molecule is Cc1cc(-c2cc(CN(C)C3CCNCC3)ccn2)cc(C)c1C. The lowest BCUT2D eigenvalue weighted by Crippen LogP contribution is -2.40. The Bertz CT molecular complexity index is 679. The maximum Gasteiger partial charge on any atom is 0.0705 e. The highest BCUT2D eigenvalue weighted by Gasteiger charge is 2.17. The summed E-state index contributed by atoms with van der Waals surface area (Å²) in [6, 6.07) is 9.60. The third-order valence-electron chi connectivity index (χ3n) is 5.41. The fourth-order valence-electron chi connectivity index (χ4n) is 3.58. The van der Waals surface area contributed by atoms with E-state index < -0.39 is 0 Å². The number of pyridine rings is 1. The summed E-state index contributed by atoms with van der Waals surface area (Å²) in [5.74, 6) is 0. The van der Waals surface area contributed by atoms with Crippen molar-refractivity contribution in [2.24, 2.45) is 0 Å². The smallest absolute Gasteiger partial charge is 0.0705 e. The number of nitrogens with zero attached hydrogens (tertiary/aromatic N) is 2. The van der Waals surface area contributed by atoms with Gasteiger partial charge >= 0.3 is 0 Å². The molecule has 0 aliphatic carbocycles. The zero-order chi connectivity index (χ0) is 17.1. The van der Waals surface area contributed by atoms with Crippen molar-refractivity contribution in [3.8, 4) is 11.3 Å². The van der Waals surface area contributed by atoms with E-state index in [1.165, 1.54) is 40.7 Å². The van der Waals surface area contributed by atoms with Gasteiger partial charge in [-0.15, -0.1) is 0 Å². The maximum atomic E-state index is 4.61. The summed E-state index contributed by atoms with van der Waals surface area (Å²) >= 11 is 0. The normalized spacial score (nSPS) is 15.9. The van der Waals surface area contributed by atoms with Gasteiger partial charge in [-0.05, 0) is 100 Å². The fraction of sp³-hybridized carbons (Fsp3) is 0.476. The Hall–Kier alpha value is -1.71. The molecule has 1 aliphatic heterocycles. The van der Waals surface area contributed by atoms with Gasteiger partial charge in [-0.1, -0.05) is 0 Å². The second kappa shape index (κ2) is 7.45. The van der Waals surface area contributed by atoms with E-state index in [-0.39, 0.29) is 0 Å². The number of aromatic nitrogens is 1. The highest BCUT2D eigenvalue weighted by atomic mass is 15.1. The standard InChI is InChI=1S/C21H29N3/c1-15-11-19(12-16(2)17(15)3)21-13-18(5-10-23-21)14-24(4)20-6-8-22-9-7-20/h5,10-13,20,22H,6-9,14H2,1-4H3. The number of hydrogen-bond donors (Lipinski definition) is 1. The largest absolute Gasteiger partial charge is 0.317 e. The van der Waals surface area contributed by atoms with E-state index in [0.717, 1.165) is 25.3 Å². The molecule has 24 heavy (non-hydrogen) atoms. The Morgan fingerprint density at radius 1 is 1.08 bits per heavy atom. The number of nitrogens with one attached hydrogen (secondary N) is 1. The van der Waals surface area contributed by atoms with Crippen LogP contribution >= 0.6 is 0 Å². The van der Waals surface area contributed by atoms with E-state index >= 15 is 0 Å². The molecule has 3 heteroatoms. The molecule has 0 unspecified atom stereocenters. The van der Waals surface area contributed by atoms with E-state index in [0.29, 0.717) is 6.04 Å². The van der Waals surface area contributed by atoms with Crippen molar-refractivity contribution in [1.29, 1.82) is 0 Å². The first-order valence-corrected chi connectivity index (χ1v) is 8.98. The van der Waals surface area contributed by atoms with Crippen molar-refractivity contribution in [3.63, 3.8) is 0 Å². The number of benzene rings is 1. The summed E-state index contributed by atoms with van der Waals surface area (Å²) in [6.45, 7) is 9.81. The number of hydrogen-bond acceptors (Lipinski definition) is 3. The lowest BCUT2D eigenvalue weighted by Gasteiger charge is -2.31. The number of piperidine rings is 1. The van der Waals surface area contributed by atoms with Crippen molar-refractivity contribution in [2.45, 2.75) is 46.2 Å². The van der Waals surface area contributed by atoms with E-state index in [1.807, 2.05) is 6.20 Å². The molecule has 2 aromatic rings. The average molecular weight is 323 g/mol. The van der Waals surface area contributed by atoms with Crippen LogP contribution in [0.5, 0.6) is 0 Å². The summed E-state index contributed by atoms with van der Waals surface area (Å²) in [6.07, 6.45) is 4.43. The van der Waals surface area contributed by atoms with Crippen LogP contribution in [0.3, 0.4) is 0 Å². The predicted molar refractivity (Wildman–Crippen MR) is 101 cm³/mol. The van der Waals surface area contributed by atoms with Crippen LogP contribution in [0.4, 0.5) is 0 Å². The number of aryl methyl sites for hydroxylation is 2. The molecule has 0 amide bonds. The summed E-state index contributed by atoms with van der Waals surface area (Å²) in [5, 5.41) is 3.44. The van der Waals surface area contributed by atoms with E-state index in [9.17, 15) is 0 Å². The molecule has 0 saturated carbocycles. The lowest BCUT2D eigenvalue weighted by molar-refractivity contribution is 0.192. The highest BCUT2D eigenvalue weighted by Crippen LogP contribution is 2.24. The van der Waals surface area contributed by atoms with Gasteiger partial charge < -0.3 is 5.32 Å². The predicted octanol–water partition coefficient (Wildman–Crippen LogP) is 3.86. The minimum absolute atomic E-state index is 0.687. The minimum Gasteiger partial charge on any atom is -0.317 e. The van der Waals surface area contributed by atoms with Gasteiger partial charge in [0.2, 0.25) is 0 Å². The Morgan fingerprint density at radius 3 is 2.42 bits per heavy atom. The van der Waals surface area contributed by atoms with Crippen LogP contribution in [0.1, 0.15) is 35.1 Å². The van der Waals surface area contributed by atoms with E-state index in [4.69, 9.17) is 0 Å². The van der Waals surface area contributed by atoms with Gasteiger partial charge in [0.25, 0.3) is 0 Å². The minimum atomic E-state index is 0.687. The summed E-state index contributed by atoms with van der Waals surface area (Å²) in [7, 11) is 2.25. The van der Waals surface area contributed by atoms with Crippen LogP contribution in [0.15, 0.2) is 30.5 Å². The Labute approximate surface area is 146 Å². The first-order valence-electron chi connectivity index (χ1n) is 8.98. The van der Waals surface area contributed by atoms with Crippen LogP contribution in [0, 0.1) is 20.8 Å². The van der Waals surface area contributed by atoms with Crippen molar-refractivity contribution in [3.05, 3.63) is 52.7 Å². The Morgan fingerprint density at radius 2 is 1.75 bits per heavy atom. The first kappa shape index (κ1) is 17.1. The van der Waals surface area contributed by atoms with Gasteiger partial charge in [0.1, 0.15) is 0 Å². The van der Waals surface area contributed by atoms with Crippen LogP contribution in [-0.4, -0.2) is 36.1 Å². The van der Waals surface area contributed by atoms with Crippen molar-refractivity contribution in [1.82, 2.24) is 15.2 Å².